The van der Waals surface area contributed by atoms with Crippen molar-refractivity contribution < 1.29 is 14.7 Å². The van der Waals surface area contributed by atoms with E-state index in [-0.39, 0.29) is 19.0 Å². The van der Waals surface area contributed by atoms with Crippen LogP contribution in [0.1, 0.15) is 0 Å². The minimum Gasteiger partial charge on any atom is -0.480 e. The number of nitrogens with one attached hydrogen (secondary N) is 1. The molecule has 16 heavy (non-hydrogen) atoms. The fraction of sp³-hybridized carbons (Fsp3) is 0.273. The van der Waals surface area contributed by atoms with Crippen molar-refractivity contribution in [3.63, 3.8) is 0 Å². The Balaban J connectivity index is 2.43. The topological polar surface area (TPSA) is 69.6 Å². The lowest BCUT2D eigenvalue weighted by atomic mass is 10.3. The average molecular weight is 222 g/mol. The van der Waals surface area contributed by atoms with Gasteiger partial charge in [0.15, 0.2) is 0 Å². The molecule has 0 aliphatic carbocycles. The van der Waals surface area contributed by atoms with Crippen LogP contribution in [0.4, 0.5) is 5.69 Å². The van der Waals surface area contributed by atoms with Crippen LogP contribution >= 0.6 is 0 Å². The molecule has 1 aromatic carbocycles. The molecule has 5 heteroatoms. The second kappa shape index (κ2) is 5.75. The van der Waals surface area contributed by atoms with Crippen molar-refractivity contribution in [1.29, 1.82) is 0 Å². The van der Waals surface area contributed by atoms with Crippen molar-refractivity contribution in [2.24, 2.45) is 0 Å². The standard InChI is InChI=1S/C11H14N2O3/c1-13(9-5-3-2-4-6-9)8-10(14)12-7-11(15)16/h2-6H,7-8H2,1H3,(H,12,14)(H,15,16). The number of carbonyl (C=O) groups is 2. The number of anilines is 1. The van der Waals surface area contributed by atoms with Gasteiger partial charge in [0.1, 0.15) is 6.54 Å². The highest BCUT2D eigenvalue weighted by molar-refractivity contribution is 5.84. The molecule has 0 aliphatic rings. The van der Waals surface area contributed by atoms with Crippen molar-refractivity contribution in [2.75, 3.05) is 25.0 Å². The van der Waals surface area contributed by atoms with E-state index in [2.05, 4.69) is 5.32 Å². The van der Waals surface area contributed by atoms with Crippen molar-refractivity contribution in [2.45, 2.75) is 0 Å². The molecule has 0 spiro atoms. The molecule has 86 valence electrons. The number of hydrogen-bond donors (Lipinski definition) is 2. The summed E-state index contributed by atoms with van der Waals surface area (Å²) in [5, 5.41) is 10.7. The molecule has 0 fully saturated rings. The molecular formula is C11H14N2O3. The molecule has 0 heterocycles. The third kappa shape index (κ3) is 4.00. The number of para-hydroxylation sites is 1. The highest BCUT2D eigenvalue weighted by Gasteiger charge is 2.07. The van der Waals surface area contributed by atoms with Crippen LogP contribution in [0.15, 0.2) is 30.3 Å². The van der Waals surface area contributed by atoms with Gasteiger partial charge in [-0.2, -0.15) is 0 Å². The minimum atomic E-state index is -1.05. The summed E-state index contributed by atoms with van der Waals surface area (Å²) in [5.41, 5.74) is 0.910. The number of hydrogen-bond acceptors (Lipinski definition) is 3. The normalized spacial score (nSPS) is 9.56. The van der Waals surface area contributed by atoms with Gasteiger partial charge in [-0.3, -0.25) is 9.59 Å². The first kappa shape index (κ1) is 12.0. The van der Waals surface area contributed by atoms with Gasteiger partial charge in [0.05, 0.1) is 6.54 Å². The van der Waals surface area contributed by atoms with Crippen LogP contribution < -0.4 is 10.2 Å². The lowest BCUT2D eigenvalue weighted by Gasteiger charge is -2.18. The molecule has 1 aromatic rings. The first-order valence-electron chi connectivity index (χ1n) is 4.84. The van der Waals surface area contributed by atoms with E-state index in [4.69, 9.17) is 5.11 Å². The number of nitrogens with zero attached hydrogens (tertiary/aromatic N) is 1. The maximum atomic E-state index is 11.3. The van der Waals surface area contributed by atoms with Crippen molar-refractivity contribution in [1.82, 2.24) is 5.32 Å². The lowest BCUT2D eigenvalue weighted by molar-refractivity contribution is -0.137. The molecule has 1 amide bonds. The number of benzene rings is 1. The number of carbonyl (C=O) groups excluding carboxylic acids is 1. The summed E-state index contributed by atoms with van der Waals surface area (Å²) in [5.74, 6) is -1.36. The molecule has 0 atom stereocenters. The largest absolute Gasteiger partial charge is 0.480 e. The van der Waals surface area contributed by atoms with Gasteiger partial charge >= 0.3 is 5.97 Å². The quantitative estimate of drug-likeness (QED) is 0.753. The SMILES string of the molecule is CN(CC(=O)NCC(=O)O)c1ccccc1. The Morgan fingerprint density at radius 1 is 1.31 bits per heavy atom. The van der Waals surface area contributed by atoms with Gasteiger partial charge in [-0.25, -0.2) is 0 Å². The van der Waals surface area contributed by atoms with Crippen LogP contribution in [0.3, 0.4) is 0 Å². The summed E-state index contributed by atoms with van der Waals surface area (Å²) in [6, 6.07) is 9.40. The van der Waals surface area contributed by atoms with Gasteiger partial charge in [0, 0.05) is 12.7 Å². The van der Waals surface area contributed by atoms with Crippen molar-refractivity contribution in [3.8, 4) is 0 Å². The fourth-order valence-electron chi connectivity index (χ4n) is 1.22. The van der Waals surface area contributed by atoms with E-state index in [0.29, 0.717) is 0 Å². The van der Waals surface area contributed by atoms with Crippen molar-refractivity contribution >= 4 is 17.6 Å². The van der Waals surface area contributed by atoms with Gasteiger partial charge < -0.3 is 15.3 Å². The highest BCUT2D eigenvalue weighted by atomic mass is 16.4. The summed E-state index contributed by atoms with van der Waals surface area (Å²) in [4.78, 5) is 23.3. The Bertz CT molecular complexity index is 365. The number of rotatable bonds is 5. The minimum absolute atomic E-state index is 0.136. The first-order chi connectivity index (χ1) is 7.59. The third-order valence-corrected chi connectivity index (χ3v) is 2.01. The van der Waals surface area contributed by atoms with E-state index in [9.17, 15) is 9.59 Å². The smallest absolute Gasteiger partial charge is 0.322 e. The van der Waals surface area contributed by atoms with E-state index in [1.54, 1.807) is 11.9 Å². The summed E-state index contributed by atoms with van der Waals surface area (Å²) >= 11 is 0. The third-order valence-electron chi connectivity index (χ3n) is 2.01. The van der Waals surface area contributed by atoms with E-state index in [0.717, 1.165) is 5.69 Å². The second-order valence-corrected chi connectivity index (χ2v) is 3.36. The predicted molar refractivity (Wildman–Crippen MR) is 60.4 cm³/mol. The Labute approximate surface area is 93.7 Å². The summed E-state index contributed by atoms with van der Waals surface area (Å²) in [7, 11) is 1.77. The molecule has 0 unspecified atom stereocenters. The van der Waals surface area contributed by atoms with Crippen molar-refractivity contribution in [3.05, 3.63) is 30.3 Å². The maximum absolute atomic E-state index is 11.3. The number of carboxylic acid groups (broad SMARTS) is 1. The number of amides is 1. The van der Waals surface area contributed by atoms with Gasteiger partial charge in [-0.05, 0) is 12.1 Å². The van der Waals surface area contributed by atoms with E-state index in [1.165, 1.54) is 0 Å². The molecule has 0 aliphatic heterocycles. The molecule has 0 bridgehead atoms. The Hall–Kier alpha value is -2.04. The zero-order valence-electron chi connectivity index (χ0n) is 9.01. The van der Waals surface area contributed by atoms with Gasteiger partial charge in [0.2, 0.25) is 5.91 Å². The van der Waals surface area contributed by atoms with Crippen LogP contribution in [0.2, 0.25) is 0 Å². The van der Waals surface area contributed by atoms with Gasteiger partial charge in [0.25, 0.3) is 0 Å². The van der Waals surface area contributed by atoms with Crippen LogP contribution in [-0.4, -0.2) is 37.1 Å². The molecular weight excluding hydrogens is 208 g/mol. The number of aliphatic carboxylic acids is 1. The molecule has 0 radical (unpaired) electrons. The Morgan fingerprint density at radius 3 is 2.50 bits per heavy atom. The predicted octanol–water partition coefficient (Wildman–Crippen LogP) is 0.324. The summed E-state index contributed by atoms with van der Waals surface area (Å²) in [6.45, 7) is -0.210. The van der Waals surface area contributed by atoms with E-state index >= 15 is 0 Å². The van der Waals surface area contributed by atoms with Crippen LogP contribution in [-0.2, 0) is 9.59 Å². The lowest BCUT2D eigenvalue weighted by Crippen LogP contribution is -2.37. The Kier molecular flexibility index (Phi) is 4.32. The first-order valence-corrected chi connectivity index (χ1v) is 4.84. The van der Waals surface area contributed by atoms with Crippen LogP contribution in [0.25, 0.3) is 0 Å². The number of likely N-dealkylation sites (N-methyl/N-ethyl adjacent to an activating group) is 1. The van der Waals surface area contributed by atoms with Crippen LogP contribution in [0, 0.1) is 0 Å². The summed E-state index contributed by atoms with van der Waals surface area (Å²) in [6.07, 6.45) is 0. The Morgan fingerprint density at radius 2 is 1.94 bits per heavy atom. The molecule has 2 N–H and O–H groups in total. The van der Waals surface area contributed by atoms with Crippen LogP contribution in [0.5, 0.6) is 0 Å². The highest BCUT2D eigenvalue weighted by Crippen LogP contribution is 2.09. The number of carboxylic acids is 1. The zero-order chi connectivity index (χ0) is 12.0. The van der Waals surface area contributed by atoms with E-state index < -0.39 is 5.97 Å². The maximum Gasteiger partial charge on any atom is 0.322 e. The fourth-order valence-corrected chi connectivity index (χ4v) is 1.22. The van der Waals surface area contributed by atoms with Gasteiger partial charge in [-0.15, -0.1) is 0 Å². The summed E-state index contributed by atoms with van der Waals surface area (Å²) < 4.78 is 0. The molecule has 0 saturated heterocycles. The molecule has 5 nitrogen and oxygen atoms in total. The van der Waals surface area contributed by atoms with E-state index in [1.807, 2.05) is 30.3 Å². The average Bonchev–Trinajstić information content (AvgIpc) is 2.27. The molecule has 0 aromatic heterocycles. The monoisotopic (exact) mass is 222 g/mol. The second-order valence-electron chi connectivity index (χ2n) is 3.36. The molecule has 1 rings (SSSR count). The zero-order valence-corrected chi connectivity index (χ0v) is 9.01. The van der Waals surface area contributed by atoms with Gasteiger partial charge in [-0.1, -0.05) is 18.2 Å². The molecule has 0 saturated carbocycles.